The van der Waals surface area contributed by atoms with Crippen LogP contribution in [0.2, 0.25) is 0 Å². The second kappa shape index (κ2) is 25.8. The van der Waals surface area contributed by atoms with Gasteiger partial charge < -0.3 is 25.3 Å². The molecule has 0 rings (SSSR count). The molecule has 0 unspecified atom stereocenters. The van der Waals surface area contributed by atoms with E-state index in [-0.39, 0.29) is 52.8 Å². The van der Waals surface area contributed by atoms with Crippen LogP contribution < -0.4 is 51.4 Å². The predicted octanol–water partition coefficient (Wildman–Crippen LogP) is 1.00. The second-order valence-electron chi connectivity index (χ2n) is 9.66. The molecule has 0 fully saturated rings. The van der Waals surface area contributed by atoms with Crippen LogP contribution in [0.4, 0.5) is 0 Å². The minimum Gasteiger partial charge on any atom is -1.00 e. The van der Waals surface area contributed by atoms with Gasteiger partial charge in [0, 0.05) is 24.3 Å². The van der Waals surface area contributed by atoms with Crippen LogP contribution in [0.3, 0.4) is 0 Å². The molecule has 0 amide bonds. The number of quaternary nitrogens is 2. The number of carbonyl (C=O) groups excluding carboxylic acids is 2. The molecule has 0 spiro atoms. The molecule has 0 aromatic rings. The van der Waals surface area contributed by atoms with E-state index in [1.54, 1.807) is 0 Å². The number of esters is 2. The number of carboxylic acids is 2. The van der Waals surface area contributed by atoms with Crippen molar-refractivity contribution in [3.8, 4) is 0 Å². The average molecular weight is 543 g/mol. The fourth-order valence-electron chi connectivity index (χ4n) is 2.74. The molecule has 0 heterocycles. The first kappa shape index (κ1) is 42.2. The van der Waals surface area contributed by atoms with E-state index in [4.69, 9.17) is 10.2 Å². The van der Waals surface area contributed by atoms with Gasteiger partial charge >= 0.3 is 75.3 Å². The number of hydrogen-bond acceptors (Lipinski definition) is 5. The molecule has 0 saturated heterocycles. The molecule has 206 valence electrons. The predicted molar refractivity (Wildman–Crippen MR) is 140 cm³/mol. The summed E-state index contributed by atoms with van der Waals surface area (Å²) in [7, 11) is 8.50. The quantitative estimate of drug-likeness (QED) is 0.111. The fraction of sp³-hybridized carbons (Fsp3) is 0.692. The van der Waals surface area contributed by atoms with Gasteiger partial charge in [-0.1, -0.05) is 40.0 Å². The molecule has 10 heteroatoms. The maximum atomic E-state index is 10.6. The first-order valence-electron chi connectivity index (χ1n) is 12.4. The number of carbonyl (C=O) groups is 4. The van der Waals surface area contributed by atoms with Crippen LogP contribution in [-0.2, 0) is 23.9 Å². The summed E-state index contributed by atoms with van der Waals surface area (Å²) in [6.07, 6.45) is 10.3. The largest absolute Gasteiger partial charge is 1.00 e. The Morgan fingerprint density at radius 1 is 0.667 bits per heavy atom. The van der Waals surface area contributed by atoms with Gasteiger partial charge in [0.05, 0.1) is 54.4 Å². The Morgan fingerprint density at radius 3 is 1.14 bits per heavy atom. The molecular formula is C26H51KN2O7+2. The standard InChI is InChI=1S/C14H32N.C8H6O7.C4H12N.K.H/c1-5-9-12-15(8-4,13-10-6-2)14-11-7-3;9-5(10)1-3-7(13)15-8(14)4-2-6(11)12;1-5(2,3)4;;/h5-14H2,1-4H3;1-4H,(H,9,10)(H,11,12);1-4H3;;/q+1;;2*+1;-1/b;3-1-,4-2+;;;. The molecule has 0 bridgehead atoms. The van der Waals surface area contributed by atoms with Crippen molar-refractivity contribution in [2.24, 2.45) is 0 Å². The van der Waals surface area contributed by atoms with Gasteiger partial charge in [-0.2, -0.15) is 0 Å². The van der Waals surface area contributed by atoms with Gasteiger partial charge in [0.1, 0.15) is 0 Å². The Kier molecular flexibility index (Phi) is 30.2. The Balaban J connectivity index is -0.000000149. The van der Waals surface area contributed by atoms with E-state index < -0.39 is 23.9 Å². The van der Waals surface area contributed by atoms with E-state index in [1.165, 1.54) is 69.2 Å². The molecular weight excluding hydrogens is 491 g/mol. The zero-order chi connectivity index (χ0) is 27.9. The van der Waals surface area contributed by atoms with Gasteiger partial charge in [0.15, 0.2) is 0 Å². The number of aliphatic carboxylic acids is 2. The average Bonchev–Trinajstić information content (AvgIpc) is 2.75. The van der Waals surface area contributed by atoms with Crippen LogP contribution in [-0.4, -0.2) is 97.4 Å². The first-order chi connectivity index (χ1) is 16.2. The van der Waals surface area contributed by atoms with Crippen molar-refractivity contribution >= 4 is 23.9 Å². The van der Waals surface area contributed by atoms with Gasteiger partial charge in [0.2, 0.25) is 0 Å². The number of rotatable bonds is 14. The molecule has 0 aliphatic heterocycles. The second-order valence-corrected chi connectivity index (χ2v) is 9.66. The van der Waals surface area contributed by atoms with Crippen molar-refractivity contribution in [1.29, 1.82) is 0 Å². The topological polar surface area (TPSA) is 118 Å². The number of carboxylic acid groups (broad SMARTS) is 2. The third-order valence-electron chi connectivity index (χ3n) is 4.55. The van der Waals surface area contributed by atoms with Crippen molar-refractivity contribution in [3.05, 3.63) is 24.3 Å². The van der Waals surface area contributed by atoms with Crippen molar-refractivity contribution in [1.82, 2.24) is 0 Å². The van der Waals surface area contributed by atoms with Crippen LogP contribution in [0, 0.1) is 0 Å². The summed E-state index contributed by atoms with van der Waals surface area (Å²) >= 11 is 0. The molecule has 9 nitrogen and oxygen atoms in total. The van der Waals surface area contributed by atoms with E-state index >= 15 is 0 Å². The number of ether oxygens (including phenoxy) is 1. The summed E-state index contributed by atoms with van der Waals surface area (Å²) in [5.41, 5.74) is 0. The SMILES string of the molecule is CCCC[N+](CC)(CCCC)CCCC.C[N+](C)(C)C.O=C(O)/C=C\C(=O)OC(=O)/C=C/C(=O)O.[H-].[K+]. The maximum absolute atomic E-state index is 10.6. The number of hydrogen-bond donors (Lipinski definition) is 2. The van der Waals surface area contributed by atoms with Gasteiger partial charge in [0.25, 0.3) is 0 Å². The Hall–Kier alpha value is -0.884. The molecule has 0 atom stereocenters. The molecule has 0 saturated carbocycles. The summed E-state index contributed by atoms with van der Waals surface area (Å²) < 4.78 is 6.36. The molecule has 0 radical (unpaired) electrons. The smallest absolute Gasteiger partial charge is 1.00 e. The van der Waals surface area contributed by atoms with Crippen molar-refractivity contribution in [3.63, 3.8) is 0 Å². The molecule has 0 aliphatic carbocycles. The summed E-state index contributed by atoms with van der Waals surface area (Å²) in [5.74, 6) is -5.14. The zero-order valence-electron chi connectivity index (χ0n) is 25.2. The van der Waals surface area contributed by atoms with Gasteiger partial charge in [-0.15, -0.1) is 0 Å². The van der Waals surface area contributed by atoms with Crippen LogP contribution >= 0.6 is 0 Å². The van der Waals surface area contributed by atoms with E-state index in [1.807, 2.05) is 0 Å². The molecule has 2 N–H and O–H groups in total. The minimum absolute atomic E-state index is 0. The van der Waals surface area contributed by atoms with Gasteiger partial charge in [-0.25, -0.2) is 19.2 Å². The molecule has 36 heavy (non-hydrogen) atoms. The normalized spacial score (nSPS) is 11.0. The molecule has 0 aromatic carbocycles. The van der Waals surface area contributed by atoms with E-state index in [9.17, 15) is 19.2 Å². The van der Waals surface area contributed by atoms with Crippen molar-refractivity contribution < 1.29 is 95.9 Å². The van der Waals surface area contributed by atoms with E-state index in [0.29, 0.717) is 24.3 Å². The van der Waals surface area contributed by atoms with Crippen molar-refractivity contribution in [2.45, 2.75) is 66.2 Å². The summed E-state index contributed by atoms with van der Waals surface area (Å²) in [6.45, 7) is 14.9. The summed E-state index contributed by atoms with van der Waals surface area (Å²) in [5, 5.41) is 16.2. The molecule has 0 aromatic heterocycles. The summed E-state index contributed by atoms with van der Waals surface area (Å²) in [6, 6.07) is 0. The van der Waals surface area contributed by atoms with Crippen LogP contribution in [0.1, 0.15) is 67.6 Å². The van der Waals surface area contributed by atoms with E-state index in [0.717, 1.165) is 4.48 Å². The monoisotopic (exact) mass is 542 g/mol. The Morgan fingerprint density at radius 2 is 0.944 bits per heavy atom. The first-order valence-corrected chi connectivity index (χ1v) is 12.4. The van der Waals surface area contributed by atoms with Crippen LogP contribution in [0.5, 0.6) is 0 Å². The number of nitrogens with zero attached hydrogens (tertiary/aromatic N) is 2. The van der Waals surface area contributed by atoms with Crippen molar-refractivity contribution in [2.75, 3.05) is 54.4 Å². The minimum atomic E-state index is -1.37. The third-order valence-corrected chi connectivity index (χ3v) is 4.55. The van der Waals surface area contributed by atoms with Gasteiger partial charge in [-0.05, 0) is 26.2 Å². The third kappa shape index (κ3) is 35.3. The Labute approximate surface area is 262 Å². The molecule has 0 aliphatic rings. The van der Waals surface area contributed by atoms with E-state index in [2.05, 4.69) is 60.6 Å². The van der Waals surface area contributed by atoms with Gasteiger partial charge in [-0.3, -0.25) is 0 Å². The zero-order valence-corrected chi connectivity index (χ0v) is 27.3. The fourth-order valence-corrected chi connectivity index (χ4v) is 2.74. The summed E-state index contributed by atoms with van der Waals surface area (Å²) in [4.78, 5) is 41.1. The van der Waals surface area contributed by atoms with Crippen LogP contribution in [0.15, 0.2) is 24.3 Å². The maximum Gasteiger partial charge on any atom is 1.00 e. The Bertz CT molecular complexity index is 617. The number of unbranched alkanes of at least 4 members (excludes halogenated alkanes) is 3. The van der Waals surface area contributed by atoms with Crippen LogP contribution in [0.25, 0.3) is 0 Å².